The monoisotopic (exact) mass is 932 g/mol. The van der Waals surface area contributed by atoms with E-state index in [-0.39, 0.29) is 47.6 Å². The second-order valence-corrected chi connectivity index (χ2v) is 20.1. The number of carbonyl (C=O) groups excluding carboxylic acids is 4. The van der Waals surface area contributed by atoms with Gasteiger partial charge in [0, 0.05) is 42.5 Å². The first kappa shape index (κ1) is 44.7. The normalized spacial score (nSPS) is 20.8. The first-order chi connectivity index (χ1) is 33.6. The molecule has 4 fully saturated rings. The number of imidazole rings is 2. The summed E-state index contributed by atoms with van der Waals surface area (Å²) in [5, 5.41) is 7.80. The number of benzene rings is 4. The van der Waals surface area contributed by atoms with Crippen LogP contribution >= 0.6 is 0 Å². The molecular formula is C54H60N8O7. The molecule has 2 aromatic heterocycles. The van der Waals surface area contributed by atoms with Crippen LogP contribution in [0.4, 0.5) is 4.79 Å². The predicted molar refractivity (Wildman–Crippen MR) is 260 cm³/mol. The van der Waals surface area contributed by atoms with Gasteiger partial charge in [0.1, 0.15) is 36.1 Å². The van der Waals surface area contributed by atoms with Crippen LogP contribution in [0.2, 0.25) is 0 Å². The molecule has 69 heavy (non-hydrogen) atoms. The Kier molecular flexibility index (Phi) is 12.1. The molecule has 0 spiro atoms. The number of amides is 4. The summed E-state index contributed by atoms with van der Waals surface area (Å²) in [5.74, 6) is 2.42. The number of H-pyrrole nitrogens is 2. The van der Waals surface area contributed by atoms with E-state index in [9.17, 15) is 19.2 Å². The smallest absolute Gasteiger partial charge is 0.407 e. The average molecular weight is 933 g/mol. The molecule has 2 aliphatic carbocycles. The number of aromatic amines is 2. The van der Waals surface area contributed by atoms with Crippen LogP contribution in [0.5, 0.6) is 5.75 Å². The van der Waals surface area contributed by atoms with Crippen molar-refractivity contribution in [2.45, 2.75) is 96.0 Å². The van der Waals surface area contributed by atoms with Crippen molar-refractivity contribution in [3.8, 4) is 28.1 Å². The number of ether oxygens (including phenoxy) is 3. The first-order valence-corrected chi connectivity index (χ1v) is 24.8. The lowest BCUT2D eigenvalue weighted by molar-refractivity contribution is -0.138. The van der Waals surface area contributed by atoms with Crippen LogP contribution in [0.1, 0.15) is 106 Å². The fourth-order valence-electron chi connectivity index (χ4n) is 10.8. The summed E-state index contributed by atoms with van der Waals surface area (Å²) in [4.78, 5) is 74.8. The molecule has 15 heteroatoms. The molecule has 15 nitrogen and oxygen atoms in total. The van der Waals surface area contributed by atoms with Crippen LogP contribution in [0.15, 0.2) is 79.0 Å². The van der Waals surface area contributed by atoms with Gasteiger partial charge < -0.3 is 44.6 Å². The molecule has 5 atom stereocenters. The summed E-state index contributed by atoms with van der Waals surface area (Å²) in [5.41, 5.74) is 7.39. The van der Waals surface area contributed by atoms with Crippen LogP contribution in [0, 0.1) is 23.7 Å². The molecule has 2 saturated carbocycles. The van der Waals surface area contributed by atoms with E-state index in [1.165, 1.54) is 26.4 Å². The van der Waals surface area contributed by atoms with Crippen molar-refractivity contribution in [1.29, 1.82) is 0 Å². The lowest BCUT2D eigenvalue weighted by Gasteiger charge is -2.30. The number of hydrogen-bond donors (Lipinski definition) is 4. The van der Waals surface area contributed by atoms with Gasteiger partial charge in [-0.25, -0.2) is 14.8 Å². The van der Waals surface area contributed by atoms with Crippen LogP contribution in [0.3, 0.4) is 0 Å². The van der Waals surface area contributed by atoms with E-state index in [2.05, 4.69) is 57.0 Å². The van der Waals surface area contributed by atoms with Crippen LogP contribution < -0.4 is 15.4 Å². The van der Waals surface area contributed by atoms with Crippen molar-refractivity contribution in [2.24, 2.45) is 23.7 Å². The second kappa shape index (κ2) is 18.6. The van der Waals surface area contributed by atoms with Gasteiger partial charge in [-0.1, -0.05) is 68.8 Å². The predicted octanol–water partition coefficient (Wildman–Crippen LogP) is 8.68. The molecule has 2 saturated heterocycles. The summed E-state index contributed by atoms with van der Waals surface area (Å²) in [6, 6.07) is 22.2. The topological polar surface area (TPSA) is 184 Å². The lowest BCUT2D eigenvalue weighted by Crippen LogP contribution is -2.51. The van der Waals surface area contributed by atoms with Crippen molar-refractivity contribution in [1.82, 2.24) is 40.4 Å². The largest absolute Gasteiger partial charge is 0.488 e. The molecule has 0 unspecified atom stereocenters. The molecule has 6 aromatic rings. The Morgan fingerprint density at radius 2 is 1.65 bits per heavy atom. The maximum atomic E-state index is 14.3. The van der Waals surface area contributed by atoms with Gasteiger partial charge in [0.05, 0.1) is 48.7 Å². The van der Waals surface area contributed by atoms with Crippen LogP contribution in [-0.2, 0) is 30.5 Å². The Morgan fingerprint density at radius 3 is 2.42 bits per heavy atom. The molecule has 0 radical (unpaired) electrons. The molecule has 5 heterocycles. The highest BCUT2D eigenvalue weighted by molar-refractivity contribution is 6.07. The average Bonchev–Trinajstić information content (AvgIpc) is 3.71. The summed E-state index contributed by atoms with van der Waals surface area (Å²) >= 11 is 0. The minimum absolute atomic E-state index is 0.0125. The molecule has 358 valence electrons. The van der Waals surface area contributed by atoms with Crippen molar-refractivity contribution < 1.29 is 33.4 Å². The second-order valence-electron chi connectivity index (χ2n) is 20.1. The number of likely N-dealkylation sites (tertiary alicyclic amines) is 2. The zero-order chi connectivity index (χ0) is 47.3. The third kappa shape index (κ3) is 8.81. The van der Waals surface area contributed by atoms with E-state index < -0.39 is 18.2 Å². The Balaban J connectivity index is 0.834. The standard InChI is InChI=1S/C54H60N8O7/c1-30(2)46(60-54(66)67-3)52(64)62-26-32(28-68-27-31-9-7-10-31)21-44(62)50-56-41-19-17-35-23-40-38-18-16-36(22-37(38)29-69-45(40)24-39(35)48(41)58-50)42-25-55-49(57-42)43-13-8-20-61(43)53(65)47(33-11-5-4-6-12-33)59-51(63)34-14-15-34/h4-6,11-12,16-19,22-25,30-32,34,43-44,46-47H,7-10,13-15,20-21,26-29H2,1-3H3,(H,55,57)(H,56,58)(H,59,63)(H,60,66)/t32-,43-,44-,46-,47+/m0/s1. The molecule has 11 rings (SSSR count). The molecule has 0 bridgehead atoms. The number of methoxy groups -OCH3 is 1. The van der Waals surface area contributed by atoms with Gasteiger partial charge in [-0.15, -0.1) is 0 Å². The van der Waals surface area contributed by atoms with Gasteiger partial charge in [-0.05, 0) is 109 Å². The summed E-state index contributed by atoms with van der Waals surface area (Å²) in [6.07, 6.45) is 8.91. The van der Waals surface area contributed by atoms with Gasteiger partial charge in [0.15, 0.2) is 0 Å². The lowest BCUT2D eigenvalue weighted by atomic mass is 9.86. The van der Waals surface area contributed by atoms with Crippen LogP contribution in [-0.4, -0.2) is 93.0 Å². The Morgan fingerprint density at radius 1 is 0.826 bits per heavy atom. The minimum Gasteiger partial charge on any atom is -0.488 e. The number of fused-ring (bicyclic) bond motifs is 6. The Hall–Kier alpha value is -6.74. The van der Waals surface area contributed by atoms with Crippen molar-refractivity contribution in [3.63, 3.8) is 0 Å². The quantitative estimate of drug-likeness (QED) is 0.0830. The third-order valence-corrected chi connectivity index (χ3v) is 15.0. The zero-order valence-electron chi connectivity index (χ0n) is 39.5. The highest BCUT2D eigenvalue weighted by Crippen LogP contribution is 2.44. The van der Waals surface area contributed by atoms with E-state index >= 15 is 0 Å². The van der Waals surface area contributed by atoms with Crippen molar-refractivity contribution in [2.75, 3.05) is 33.4 Å². The number of carbonyl (C=O) groups is 4. The van der Waals surface area contributed by atoms with Crippen molar-refractivity contribution >= 4 is 45.6 Å². The summed E-state index contributed by atoms with van der Waals surface area (Å²) in [6.45, 7) is 6.62. The Labute approximate surface area is 401 Å². The van der Waals surface area contributed by atoms with E-state index in [0.29, 0.717) is 44.5 Å². The fraction of sp³-hybridized carbons (Fsp3) is 0.444. The highest BCUT2D eigenvalue weighted by atomic mass is 16.5. The maximum absolute atomic E-state index is 14.3. The molecule has 3 aliphatic heterocycles. The molecule has 4 amide bonds. The number of nitrogens with one attached hydrogen (secondary N) is 4. The van der Waals surface area contributed by atoms with E-state index in [1.807, 2.05) is 66.2 Å². The van der Waals surface area contributed by atoms with E-state index in [0.717, 1.165) is 99.2 Å². The number of aromatic nitrogens is 4. The maximum Gasteiger partial charge on any atom is 0.407 e. The number of alkyl carbamates (subject to hydrolysis) is 1. The van der Waals surface area contributed by atoms with E-state index in [1.54, 1.807) is 0 Å². The molecule has 4 aromatic carbocycles. The number of hydrogen-bond acceptors (Lipinski definition) is 9. The summed E-state index contributed by atoms with van der Waals surface area (Å²) in [7, 11) is 1.30. The van der Waals surface area contributed by atoms with Crippen LogP contribution in [0.25, 0.3) is 44.2 Å². The zero-order valence-corrected chi connectivity index (χ0v) is 39.5. The van der Waals surface area contributed by atoms with Gasteiger partial charge >= 0.3 is 6.09 Å². The van der Waals surface area contributed by atoms with Gasteiger partial charge in [-0.3, -0.25) is 14.4 Å². The van der Waals surface area contributed by atoms with Gasteiger partial charge in [0.25, 0.3) is 0 Å². The minimum atomic E-state index is -0.758. The molecule has 4 N–H and O–H groups in total. The highest BCUT2D eigenvalue weighted by Gasteiger charge is 2.43. The third-order valence-electron chi connectivity index (χ3n) is 15.0. The Bertz CT molecular complexity index is 2920. The SMILES string of the molecule is COC(=O)N[C@H](C(=O)N1C[C@@H](COCC2CCC2)C[C@H]1c1nc2c(ccc3cc4c(cc32)OCc2cc(-c3cnc([C@@H]5CCCN5C(=O)[C@H](NC(=O)C5CC5)c5ccccc5)[nH]3)ccc2-4)[nH]1)C(C)C. The summed E-state index contributed by atoms with van der Waals surface area (Å²) < 4.78 is 17.6. The van der Waals surface area contributed by atoms with E-state index in [4.69, 9.17) is 24.2 Å². The number of nitrogens with zero attached hydrogens (tertiary/aromatic N) is 4. The number of rotatable bonds is 14. The molecular weight excluding hydrogens is 873 g/mol. The fourth-order valence-corrected chi connectivity index (χ4v) is 10.8. The van der Waals surface area contributed by atoms with Crippen molar-refractivity contribution in [3.05, 3.63) is 102 Å². The molecule has 5 aliphatic rings. The van der Waals surface area contributed by atoms with Gasteiger partial charge in [-0.2, -0.15) is 0 Å². The first-order valence-electron chi connectivity index (χ1n) is 24.8. The van der Waals surface area contributed by atoms with Gasteiger partial charge in [0.2, 0.25) is 17.7 Å².